The first-order valence-electron chi connectivity index (χ1n) is 4.98. The lowest BCUT2D eigenvalue weighted by Gasteiger charge is -2.27. The second-order valence-corrected chi connectivity index (χ2v) is 3.93. The summed E-state index contributed by atoms with van der Waals surface area (Å²) in [6.07, 6.45) is 8.86. The first kappa shape index (κ1) is 8.70. The molecule has 0 unspecified atom stereocenters. The van der Waals surface area contributed by atoms with Gasteiger partial charge in [0.2, 0.25) is 0 Å². The Morgan fingerprint density at radius 2 is 1.85 bits per heavy atom. The van der Waals surface area contributed by atoms with Crippen molar-refractivity contribution in [2.24, 2.45) is 5.73 Å². The maximum Gasteiger partial charge on any atom is 0.0270 e. The predicted octanol–water partition coefficient (Wildman–Crippen LogP) is 1.85. The van der Waals surface area contributed by atoms with Gasteiger partial charge in [0.1, 0.15) is 0 Å². The summed E-state index contributed by atoms with van der Waals surface area (Å²) in [5.41, 5.74) is 7.52. The summed E-state index contributed by atoms with van der Waals surface area (Å²) in [5, 5.41) is 0. The highest BCUT2D eigenvalue weighted by Gasteiger charge is 2.33. The fraction of sp³-hybridized carbons (Fsp3) is 0.545. The van der Waals surface area contributed by atoms with Crippen molar-refractivity contribution in [3.8, 4) is 0 Å². The summed E-state index contributed by atoms with van der Waals surface area (Å²) in [5.74, 6) is 0. The average molecular weight is 176 g/mol. The maximum absolute atomic E-state index is 5.88. The van der Waals surface area contributed by atoms with Crippen LogP contribution in [0.1, 0.15) is 31.2 Å². The molecule has 2 heteroatoms. The average Bonchev–Trinajstić information content (AvgIpc) is 2.69. The minimum absolute atomic E-state index is 0.267. The van der Waals surface area contributed by atoms with Gasteiger partial charge in [-0.15, -0.1) is 0 Å². The molecule has 1 heterocycles. The molecule has 2 N–H and O–H groups in total. The zero-order chi connectivity index (χ0) is 9.15. The van der Waals surface area contributed by atoms with E-state index in [2.05, 4.69) is 17.1 Å². The molecule has 1 fully saturated rings. The van der Waals surface area contributed by atoms with Crippen LogP contribution < -0.4 is 5.73 Å². The zero-order valence-corrected chi connectivity index (χ0v) is 7.87. The Labute approximate surface area is 79.2 Å². The van der Waals surface area contributed by atoms with Crippen LogP contribution in [0.25, 0.3) is 0 Å². The van der Waals surface area contributed by atoms with Gasteiger partial charge in [0, 0.05) is 24.4 Å². The largest absolute Gasteiger partial charge is 0.330 e. The lowest BCUT2D eigenvalue weighted by Crippen LogP contribution is -2.31. The molecule has 0 aliphatic heterocycles. The van der Waals surface area contributed by atoms with Gasteiger partial charge in [0.25, 0.3) is 0 Å². The minimum Gasteiger partial charge on any atom is -0.330 e. The monoisotopic (exact) mass is 176 g/mol. The van der Waals surface area contributed by atoms with E-state index in [0.29, 0.717) is 0 Å². The van der Waals surface area contributed by atoms with Crippen LogP contribution in [-0.2, 0) is 5.41 Å². The van der Waals surface area contributed by atoms with Gasteiger partial charge >= 0.3 is 0 Å². The SMILES string of the molecule is NCC1(c2ccncc2)CCCC1. The van der Waals surface area contributed by atoms with E-state index < -0.39 is 0 Å². The first-order chi connectivity index (χ1) is 6.37. The number of hydrogen-bond acceptors (Lipinski definition) is 2. The van der Waals surface area contributed by atoms with E-state index in [1.54, 1.807) is 0 Å². The van der Waals surface area contributed by atoms with Crippen LogP contribution in [0.3, 0.4) is 0 Å². The van der Waals surface area contributed by atoms with Crippen LogP contribution in [0.5, 0.6) is 0 Å². The molecule has 13 heavy (non-hydrogen) atoms. The molecule has 0 bridgehead atoms. The minimum atomic E-state index is 0.267. The summed E-state index contributed by atoms with van der Waals surface area (Å²) < 4.78 is 0. The van der Waals surface area contributed by atoms with E-state index in [1.165, 1.54) is 31.2 Å². The maximum atomic E-state index is 5.88. The summed E-state index contributed by atoms with van der Waals surface area (Å²) in [6.45, 7) is 0.775. The van der Waals surface area contributed by atoms with Crippen molar-refractivity contribution in [2.75, 3.05) is 6.54 Å². The summed E-state index contributed by atoms with van der Waals surface area (Å²) in [4.78, 5) is 4.04. The number of nitrogens with zero attached hydrogens (tertiary/aromatic N) is 1. The Bertz CT molecular complexity index is 263. The molecular weight excluding hydrogens is 160 g/mol. The second kappa shape index (κ2) is 3.46. The molecule has 1 aromatic rings. The van der Waals surface area contributed by atoms with Gasteiger partial charge in [0.05, 0.1) is 0 Å². The molecule has 0 amide bonds. The van der Waals surface area contributed by atoms with E-state index in [1.807, 2.05) is 12.4 Å². The van der Waals surface area contributed by atoms with E-state index >= 15 is 0 Å². The number of hydrogen-bond donors (Lipinski definition) is 1. The topological polar surface area (TPSA) is 38.9 Å². The van der Waals surface area contributed by atoms with Gasteiger partial charge in [-0.3, -0.25) is 4.98 Å². The molecule has 70 valence electrons. The van der Waals surface area contributed by atoms with Gasteiger partial charge < -0.3 is 5.73 Å². The number of aromatic nitrogens is 1. The van der Waals surface area contributed by atoms with Crippen molar-refractivity contribution >= 4 is 0 Å². The molecule has 1 aliphatic carbocycles. The van der Waals surface area contributed by atoms with Gasteiger partial charge in [0.15, 0.2) is 0 Å². The van der Waals surface area contributed by atoms with E-state index in [4.69, 9.17) is 5.73 Å². The molecule has 0 radical (unpaired) electrons. The quantitative estimate of drug-likeness (QED) is 0.747. The van der Waals surface area contributed by atoms with Crippen molar-refractivity contribution in [3.05, 3.63) is 30.1 Å². The van der Waals surface area contributed by atoms with Crippen LogP contribution in [0.15, 0.2) is 24.5 Å². The molecule has 1 aliphatic rings. The van der Waals surface area contributed by atoms with E-state index in [9.17, 15) is 0 Å². The fourth-order valence-electron chi connectivity index (χ4n) is 2.37. The number of rotatable bonds is 2. The van der Waals surface area contributed by atoms with E-state index in [0.717, 1.165) is 6.54 Å². The molecular formula is C11H16N2. The molecule has 0 spiro atoms. The van der Waals surface area contributed by atoms with Gasteiger partial charge in [-0.05, 0) is 30.5 Å². The third-order valence-corrected chi connectivity index (χ3v) is 3.24. The predicted molar refractivity (Wildman–Crippen MR) is 53.4 cm³/mol. The smallest absolute Gasteiger partial charge is 0.0270 e. The molecule has 0 atom stereocenters. The Morgan fingerprint density at radius 3 is 2.38 bits per heavy atom. The molecule has 2 nitrogen and oxygen atoms in total. The van der Waals surface area contributed by atoms with Crippen molar-refractivity contribution < 1.29 is 0 Å². The van der Waals surface area contributed by atoms with Gasteiger partial charge in [-0.2, -0.15) is 0 Å². The van der Waals surface area contributed by atoms with Crippen molar-refractivity contribution in [1.29, 1.82) is 0 Å². The zero-order valence-electron chi connectivity index (χ0n) is 7.87. The summed E-state index contributed by atoms with van der Waals surface area (Å²) >= 11 is 0. The third-order valence-electron chi connectivity index (χ3n) is 3.24. The van der Waals surface area contributed by atoms with Crippen LogP contribution >= 0.6 is 0 Å². The van der Waals surface area contributed by atoms with Crippen molar-refractivity contribution in [1.82, 2.24) is 4.98 Å². The van der Waals surface area contributed by atoms with Crippen LogP contribution in [0, 0.1) is 0 Å². The Kier molecular flexibility index (Phi) is 2.32. The number of pyridine rings is 1. The van der Waals surface area contributed by atoms with Crippen molar-refractivity contribution in [3.63, 3.8) is 0 Å². The standard InChI is InChI=1S/C11H16N2/c12-9-11(5-1-2-6-11)10-3-7-13-8-4-10/h3-4,7-8H,1-2,5-6,9,12H2. The molecule has 1 saturated carbocycles. The van der Waals surface area contributed by atoms with Crippen LogP contribution in [-0.4, -0.2) is 11.5 Å². The highest BCUT2D eigenvalue weighted by atomic mass is 14.6. The van der Waals surface area contributed by atoms with Crippen molar-refractivity contribution in [2.45, 2.75) is 31.1 Å². The summed E-state index contributed by atoms with van der Waals surface area (Å²) in [7, 11) is 0. The van der Waals surface area contributed by atoms with Crippen LogP contribution in [0.2, 0.25) is 0 Å². The lowest BCUT2D eigenvalue weighted by molar-refractivity contribution is 0.452. The highest BCUT2D eigenvalue weighted by molar-refractivity contribution is 5.24. The Hall–Kier alpha value is -0.890. The number of nitrogens with two attached hydrogens (primary N) is 1. The Morgan fingerprint density at radius 1 is 1.23 bits per heavy atom. The second-order valence-electron chi connectivity index (χ2n) is 3.93. The van der Waals surface area contributed by atoms with Crippen LogP contribution in [0.4, 0.5) is 0 Å². The van der Waals surface area contributed by atoms with E-state index in [-0.39, 0.29) is 5.41 Å². The normalized spacial score (nSPS) is 20.4. The van der Waals surface area contributed by atoms with Gasteiger partial charge in [-0.1, -0.05) is 12.8 Å². The lowest BCUT2D eigenvalue weighted by atomic mass is 9.79. The Balaban J connectivity index is 2.31. The molecule has 0 saturated heterocycles. The summed E-state index contributed by atoms with van der Waals surface area (Å²) in [6, 6.07) is 4.22. The molecule has 1 aromatic heterocycles. The molecule has 2 rings (SSSR count). The molecule has 0 aromatic carbocycles. The highest BCUT2D eigenvalue weighted by Crippen LogP contribution is 2.39. The van der Waals surface area contributed by atoms with Gasteiger partial charge in [-0.25, -0.2) is 0 Å². The first-order valence-corrected chi connectivity index (χ1v) is 4.98. The fourth-order valence-corrected chi connectivity index (χ4v) is 2.37. The third kappa shape index (κ3) is 1.46.